The predicted octanol–water partition coefficient (Wildman–Crippen LogP) is 4.69. The first-order chi connectivity index (χ1) is 11.6. The van der Waals surface area contributed by atoms with Crippen LogP contribution in [0.5, 0.6) is 0 Å². The van der Waals surface area contributed by atoms with Crippen LogP contribution in [0.3, 0.4) is 0 Å². The number of aromatic nitrogens is 3. The Morgan fingerprint density at radius 3 is 2.62 bits per heavy atom. The summed E-state index contributed by atoms with van der Waals surface area (Å²) in [7, 11) is 0. The van der Waals surface area contributed by atoms with Gasteiger partial charge in [0.25, 0.3) is 0 Å². The fourth-order valence-corrected chi connectivity index (χ4v) is 3.08. The molecule has 3 heterocycles. The maximum absolute atomic E-state index is 4.56. The number of pyridine rings is 3. The first-order valence-corrected chi connectivity index (χ1v) is 8.17. The van der Waals surface area contributed by atoms with Crippen LogP contribution in [0.1, 0.15) is 27.9 Å². The van der Waals surface area contributed by atoms with Gasteiger partial charge in [-0.3, -0.25) is 4.98 Å². The smallest absolute Gasteiger partial charge is 0.159 e. The van der Waals surface area contributed by atoms with Gasteiger partial charge in [-0.2, -0.15) is 0 Å². The van der Waals surface area contributed by atoms with E-state index >= 15 is 0 Å². The van der Waals surface area contributed by atoms with Crippen LogP contribution >= 0.6 is 0 Å². The second-order valence-corrected chi connectivity index (χ2v) is 6.43. The monoisotopic (exact) mass is 313 g/mol. The maximum Gasteiger partial charge on any atom is 0.159 e. The summed E-state index contributed by atoms with van der Waals surface area (Å²) in [5.74, 6) is 0. The molecule has 4 rings (SSSR count). The average Bonchev–Trinajstić information content (AvgIpc) is 2.57. The molecule has 0 radical (unpaired) electrons. The van der Waals surface area contributed by atoms with Crippen LogP contribution in [0, 0.1) is 20.8 Å². The van der Waals surface area contributed by atoms with Gasteiger partial charge in [0.15, 0.2) is 5.65 Å². The molecule has 0 fully saturated rings. The highest BCUT2D eigenvalue weighted by atomic mass is 14.8. The van der Waals surface area contributed by atoms with E-state index in [-0.39, 0.29) is 0 Å². The van der Waals surface area contributed by atoms with Gasteiger partial charge in [-0.05, 0) is 79.8 Å². The highest BCUT2D eigenvalue weighted by Crippen LogP contribution is 2.22. The van der Waals surface area contributed by atoms with Crippen LogP contribution in [0.2, 0.25) is 0 Å². The van der Waals surface area contributed by atoms with Gasteiger partial charge in [0, 0.05) is 28.9 Å². The lowest BCUT2D eigenvalue weighted by molar-refractivity contribution is 1.11. The third-order valence-corrected chi connectivity index (χ3v) is 4.62. The molecule has 24 heavy (non-hydrogen) atoms. The zero-order chi connectivity index (χ0) is 16.7. The number of nitrogens with zero attached hydrogens (tertiary/aromatic N) is 3. The van der Waals surface area contributed by atoms with Crippen molar-refractivity contribution in [1.82, 2.24) is 15.0 Å². The van der Waals surface area contributed by atoms with Crippen molar-refractivity contribution >= 4 is 21.9 Å². The van der Waals surface area contributed by atoms with Gasteiger partial charge in [0.1, 0.15) is 0 Å². The van der Waals surface area contributed by atoms with E-state index in [0.29, 0.717) is 0 Å². The minimum Gasteiger partial charge on any atom is -0.256 e. The standard InChI is InChI=1S/C21H19N3/c1-13-7-19-10-16(12-23-21(19)24-15(13)3)9-18-11-17-5-4-6-22-20(17)8-14(18)2/h4-8,10-12H,9H2,1-3H3. The second kappa shape index (κ2) is 5.68. The highest BCUT2D eigenvalue weighted by Gasteiger charge is 2.07. The topological polar surface area (TPSA) is 38.7 Å². The molecule has 0 aliphatic heterocycles. The van der Waals surface area contributed by atoms with E-state index in [2.05, 4.69) is 59.1 Å². The van der Waals surface area contributed by atoms with Crippen molar-refractivity contribution in [3.05, 3.63) is 76.7 Å². The summed E-state index contributed by atoms with van der Waals surface area (Å²) >= 11 is 0. The van der Waals surface area contributed by atoms with Crippen LogP contribution < -0.4 is 0 Å². The van der Waals surface area contributed by atoms with Crippen molar-refractivity contribution < 1.29 is 0 Å². The molecular formula is C21H19N3. The van der Waals surface area contributed by atoms with Gasteiger partial charge in [-0.15, -0.1) is 0 Å². The summed E-state index contributed by atoms with van der Waals surface area (Å²) in [6.45, 7) is 6.26. The molecule has 3 nitrogen and oxygen atoms in total. The molecule has 3 heteroatoms. The molecule has 0 unspecified atom stereocenters. The van der Waals surface area contributed by atoms with Gasteiger partial charge < -0.3 is 0 Å². The summed E-state index contributed by atoms with van der Waals surface area (Å²) in [6.07, 6.45) is 4.65. The number of benzene rings is 1. The molecule has 118 valence electrons. The van der Waals surface area contributed by atoms with Crippen molar-refractivity contribution in [3.63, 3.8) is 0 Å². The van der Waals surface area contributed by atoms with Gasteiger partial charge in [0.2, 0.25) is 0 Å². The molecule has 0 amide bonds. The molecule has 0 saturated carbocycles. The summed E-state index contributed by atoms with van der Waals surface area (Å²) in [6, 6.07) is 12.9. The van der Waals surface area contributed by atoms with Crippen molar-refractivity contribution in [1.29, 1.82) is 0 Å². The Kier molecular flexibility index (Phi) is 3.49. The highest BCUT2D eigenvalue weighted by molar-refractivity contribution is 5.80. The van der Waals surface area contributed by atoms with Crippen LogP contribution in [0.4, 0.5) is 0 Å². The molecule has 1 aromatic carbocycles. The van der Waals surface area contributed by atoms with Gasteiger partial charge >= 0.3 is 0 Å². The quantitative estimate of drug-likeness (QED) is 0.538. The Balaban J connectivity index is 1.76. The fraction of sp³-hybridized carbons (Fsp3) is 0.190. The Morgan fingerprint density at radius 1 is 0.875 bits per heavy atom. The van der Waals surface area contributed by atoms with Crippen LogP contribution in [0.15, 0.2) is 48.8 Å². The van der Waals surface area contributed by atoms with E-state index in [0.717, 1.165) is 28.7 Å². The average molecular weight is 313 g/mol. The van der Waals surface area contributed by atoms with Crippen molar-refractivity contribution in [2.24, 2.45) is 0 Å². The minimum absolute atomic E-state index is 0.821. The molecule has 4 aromatic rings. The molecule has 0 aliphatic rings. The summed E-state index contributed by atoms with van der Waals surface area (Å²) in [5, 5.41) is 2.29. The first kappa shape index (κ1) is 14.8. The van der Waals surface area contributed by atoms with E-state index in [4.69, 9.17) is 0 Å². The van der Waals surface area contributed by atoms with E-state index < -0.39 is 0 Å². The summed E-state index contributed by atoms with van der Waals surface area (Å²) in [4.78, 5) is 13.5. The van der Waals surface area contributed by atoms with E-state index in [1.807, 2.05) is 25.4 Å². The van der Waals surface area contributed by atoms with Crippen molar-refractivity contribution in [2.45, 2.75) is 27.2 Å². The SMILES string of the molecule is Cc1cc2ncccc2cc1Cc1cnc2nc(C)c(C)cc2c1. The molecule has 0 N–H and O–H groups in total. The Morgan fingerprint density at radius 2 is 1.75 bits per heavy atom. The molecular weight excluding hydrogens is 294 g/mol. The lowest BCUT2D eigenvalue weighted by Gasteiger charge is -2.09. The number of hydrogen-bond donors (Lipinski definition) is 0. The van der Waals surface area contributed by atoms with Crippen LogP contribution in [-0.2, 0) is 6.42 Å². The first-order valence-electron chi connectivity index (χ1n) is 8.17. The lowest BCUT2D eigenvalue weighted by atomic mass is 9.98. The molecule has 0 atom stereocenters. The number of aryl methyl sites for hydroxylation is 3. The summed E-state index contributed by atoms with van der Waals surface area (Å²) in [5.41, 5.74) is 7.90. The zero-order valence-electron chi connectivity index (χ0n) is 14.2. The Labute approximate surface area is 141 Å². The predicted molar refractivity (Wildman–Crippen MR) is 98.3 cm³/mol. The summed E-state index contributed by atoms with van der Waals surface area (Å²) < 4.78 is 0. The largest absolute Gasteiger partial charge is 0.256 e. The van der Waals surface area contributed by atoms with Gasteiger partial charge in [-0.25, -0.2) is 9.97 Å². The maximum atomic E-state index is 4.56. The molecule has 3 aromatic heterocycles. The molecule has 0 aliphatic carbocycles. The van der Waals surface area contributed by atoms with Crippen molar-refractivity contribution in [3.8, 4) is 0 Å². The Bertz CT molecular complexity index is 1070. The number of hydrogen-bond acceptors (Lipinski definition) is 3. The Hall–Kier alpha value is -2.81. The fourth-order valence-electron chi connectivity index (χ4n) is 3.08. The second-order valence-electron chi connectivity index (χ2n) is 6.43. The third-order valence-electron chi connectivity index (χ3n) is 4.62. The van der Waals surface area contributed by atoms with Crippen LogP contribution in [0.25, 0.3) is 21.9 Å². The lowest BCUT2D eigenvalue weighted by Crippen LogP contribution is -1.96. The van der Waals surface area contributed by atoms with Crippen molar-refractivity contribution in [2.75, 3.05) is 0 Å². The third kappa shape index (κ3) is 2.62. The molecule has 0 spiro atoms. The normalized spacial score (nSPS) is 11.3. The van der Waals surface area contributed by atoms with Crippen LogP contribution in [-0.4, -0.2) is 15.0 Å². The zero-order valence-corrected chi connectivity index (χ0v) is 14.2. The number of rotatable bonds is 2. The van der Waals surface area contributed by atoms with E-state index in [9.17, 15) is 0 Å². The van der Waals surface area contributed by atoms with E-state index in [1.165, 1.54) is 27.6 Å². The van der Waals surface area contributed by atoms with E-state index in [1.54, 1.807) is 0 Å². The van der Waals surface area contributed by atoms with Gasteiger partial charge in [-0.1, -0.05) is 6.07 Å². The molecule has 0 bridgehead atoms. The molecule has 0 saturated heterocycles. The minimum atomic E-state index is 0.821. The number of fused-ring (bicyclic) bond motifs is 2. The van der Waals surface area contributed by atoms with Gasteiger partial charge in [0.05, 0.1) is 5.52 Å².